The Balaban J connectivity index is 2.23. The summed E-state index contributed by atoms with van der Waals surface area (Å²) in [5.74, 6) is -0.996. The van der Waals surface area contributed by atoms with Crippen LogP contribution in [0.2, 0.25) is 0 Å². The number of halogens is 3. The van der Waals surface area contributed by atoms with Crippen molar-refractivity contribution in [1.29, 1.82) is 0 Å². The highest BCUT2D eigenvalue weighted by Crippen LogP contribution is 2.46. The topological polar surface area (TPSA) is 42.4 Å². The van der Waals surface area contributed by atoms with Crippen LogP contribution in [0.15, 0.2) is 18.5 Å². The van der Waals surface area contributed by atoms with E-state index in [1.807, 2.05) is 6.92 Å². The monoisotopic (exact) mass is 289 g/mol. The van der Waals surface area contributed by atoms with E-state index in [2.05, 4.69) is 4.98 Å². The summed E-state index contributed by atoms with van der Waals surface area (Å²) in [5.41, 5.74) is -1.07. The lowest BCUT2D eigenvalue weighted by Crippen LogP contribution is -2.38. The van der Waals surface area contributed by atoms with Crippen LogP contribution in [0, 0.1) is 5.92 Å². The zero-order valence-corrected chi connectivity index (χ0v) is 11.3. The molecule has 2 atom stereocenters. The van der Waals surface area contributed by atoms with Gasteiger partial charge in [-0.15, -0.1) is 0 Å². The molecular weight excluding hydrogens is 271 g/mol. The summed E-state index contributed by atoms with van der Waals surface area (Å²) in [4.78, 5) is 3.94. The minimum atomic E-state index is -4.26. The van der Waals surface area contributed by atoms with Crippen LogP contribution in [0.4, 0.5) is 13.2 Å². The van der Waals surface area contributed by atoms with Crippen LogP contribution in [0.25, 0.3) is 0 Å². The van der Waals surface area contributed by atoms with Gasteiger partial charge in [-0.05, 0) is 38.7 Å². The van der Waals surface area contributed by atoms with Crippen molar-refractivity contribution >= 4 is 0 Å². The normalized spacial score (nSPS) is 27.4. The summed E-state index contributed by atoms with van der Waals surface area (Å²) in [5, 5.41) is 10.6. The van der Waals surface area contributed by atoms with E-state index in [1.54, 1.807) is 6.07 Å². The van der Waals surface area contributed by atoms with Gasteiger partial charge in [0.2, 0.25) is 0 Å². The third-order valence-corrected chi connectivity index (χ3v) is 3.75. The van der Waals surface area contributed by atoms with Gasteiger partial charge in [0.05, 0.1) is 24.3 Å². The van der Waals surface area contributed by atoms with Gasteiger partial charge < -0.3 is 9.84 Å². The second kappa shape index (κ2) is 5.60. The fraction of sp³-hybridized carbons (Fsp3) is 0.643. The summed E-state index contributed by atoms with van der Waals surface area (Å²) >= 11 is 0. The minimum Gasteiger partial charge on any atom is -0.492 e. The van der Waals surface area contributed by atoms with Crippen molar-refractivity contribution in [2.45, 2.75) is 44.4 Å². The lowest BCUT2D eigenvalue weighted by Gasteiger charge is -2.37. The van der Waals surface area contributed by atoms with Crippen LogP contribution >= 0.6 is 0 Å². The van der Waals surface area contributed by atoms with Gasteiger partial charge >= 0.3 is 6.18 Å². The lowest BCUT2D eigenvalue weighted by atomic mass is 9.74. The number of pyridine rings is 1. The molecule has 1 aliphatic carbocycles. The number of nitrogens with zero attached hydrogens (tertiary/aromatic N) is 1. The summed E-state index contributed by atoms with van der Waals surface area (Å²) < 4.78 is 43.8. The molecule has 112 valence electrons. The van der Waals surface area contributed by atoms with Crippen LogP contribution in [0.3, 0.4) is 0 Å². The quantitative estimate of drug-likeness (QED) is 0.927. The predicted octanol–water partition coefficient (Wildman–Crippen LogP) is 3.42. The fourth-order valence-corrected chi connectivity index (χ4v) is 2.71. The molecule has 0 saturated heterocycles. The number of alkyl halides is 3. The first-order valence-corrected chi connectivity index (χ1v) is 6.72. The molecule has 1 aromatic rings. The molecule has 0 aliphatic heterocycles. The first-order chi connectivity index (χ1) is 9.35. The highest BCUT2D eigenvalue weighted by atomic mass is 19.4. The lowest BCUT2D eigenvalue weighted by molar-refractivity contribution is -0.201. The molecule has 3 nitrogen and oxygen atoms in total. The zero-order chi connectivity index (χ0) is 14.8. The summed E-state index contributed by atoms with van der Waals surface area (Å²) in [7, 11) is 0. The average Bonchev–Trinajstić information content (AvgIpc) is 2.39. The molecule has 6 heteroatoms. The number of rotatable bonds is 3. The van der Waals surface area contributed by atoms with Crippen molar-refractivity contribution in [3.8, 4) is 5.75 Å². The predicted molar refractivity (Wildman–Crippen MR) is 67.3 cm³/mol. The first kappa shape index (κ1) is 15.1. The molecule has 2 unspecified atom stereocenters. The van der Waals surface area contributed by atoms with Crippen molar-refractivity contribution in [3.05, 3.63) is 24.0 Å². The molecule has 0 amide bonds. The fourth-order valence-electron chi connectivity index (χ4n) is 2.71. The SMILES string of the molecule is CCOc1cncc(C2(O)CCCC(C(F)(F)F)C2)c1. The van der Waals surface area contributed by atoms with Crippen molar-refractivity contribution in [2.75, 3.05) is 6.61 Å². The van der Waals surface area contributed by atoms with E-state index in [0.717, 1.165) is 0 Å². The smallest absolute Gasteiger partial charge is 0.391 e. The highest BCUT2D eigenvalue weighted by molar-refractivity contribution is 5.28. The molecular formula is C14H18F3NO2. The van der Waals surface area contributed by atoms with Gasteiger partial charge in [0.1, 0.15) is 5.75 Å². The minimum absolute atomic E-state index is 0.0738. The third kappa shape index (κ3) is 3.23. The molecule has 0 bridgehead atoms. The molecule has 0 radical (unpaired) electrons. The Labute approximate surface area is 115 Å². The molecule has 1 aromatic heterocycles. The molecule has 0 spiro atoms. The van der Waals surface area contributed by atoms with Gasteiger partial charge in [0.25, 0.3) is 0 Å². The highest BCUT2D eigenvalue weighted by Gasteiger charge is 2.47. The van der Waals surface area contributed by atoms with Gasteiger partial charge in [-0.3, -0.25) is 4.98 Å². The number of aromatic nitrogens is 1. The Bertz CT molecular complexity index is 464. The van der Waals surface area contributed by atoms with Crippen LogP contribution < -0.4 is 4.74 Å². The van der Waals surface area contributed by atoms with Crippen molar-refractivity contribution in [1.82, 2.24) is 4.98 Å². The molecule has 1 heterocycles. The maximum atomic E-state index is 12.8. The maximum absolute atomic E-state index is 12.8. The second-order valence-corrected chi connectivity index (χ2v) is 5.21. The molecule has 20 heavy (non-hydrogen) atoms. The summed E-state index contributed by atoms with van der Waals surface area (Å²) in [6.07, 6.45) is -0.935. The molecule has 1 fully saturated rings. The third-order valence-electron chi connectivity index (χ3n) is 3.75. The maximum Gasteiger partial charge on any atom is 0.391 e. The van der Waals surface area contributed by atoms with Crippen LogP contribution in [-0.4, -0.2) is 22.9 Å². The number of hydrogen-bond acceptors (Lipinski definition) is 3. The largest absolute Gasteiger partial charge is 0.492 e. The van der Waals surface area contributed by atoms with Gasteiger partial charge in [0.15, 0.2) is 0 Å². The first-order valence-electron chi connectivity index (χ1n) is 6.72. The van der Waals surface area contributed by atoms with E-state index in [4.69, 9.17) is 4.74 Å². The zero-order valence-electron chi connectivity index (χ0n) is 11.3. The van der Waals surface area contributed by atoms with Crippen LogP contribution in [-0.2, 0) is 5.60 Å². The standard InChI is InChI=1S/C14H18F3NO2/c1-2-20-12-6-11(8-18-9-12)13(19)5-3-4-10(7-13)14(15,16)17/h6,8-10,19H,2-5,7H2,1H3. The van der Waals surface area contributed by atoms with Crippen molar-refractivity contribution < 1.29 is 23.0 Å². The number of hydrogen-bond donors (Lipinski definition) is 1. The van der Waals surface area contributed by atoms with Gasteiger partial charge in [-0.25, -0.2) is 0 Å². The van der Waals surface area contributed by atoms with E-state index < -0.39 is 17.7 Å². The van der Waals surface area contributed by atoms with Gasteiger partial charge in [-0.1, -0.05) is 0 Å². The molecule has 1 saturated carbocycles. The average molecular weight is 289 g/mol. The Kier molecular flexibility index (Phi) is 4.22. The van der Waals surface area contributed by atoms with Crippen molar-refractivity contribution in [2.24, 2.45) is 5.92 Å². The van der Waals surface area contributed by atoms with E-state index in [-0.39, 0.29) is 12.8 Å². The van der Waals surface area contributed by atoms with Crippen molar-refractivity contribution in [3.63, 3.8) is 0 Å². The van der Waals surface area contributed by atoms with Crippen LogP contribution in [0.1, 0.15) is 38.2 Å². The molecule has 1 aliphatic rings. The molecule has 1 N–H and O–H groups in total. The Morgan fingerprint density at radius 1 is 1.45 bits per heavy atom. The number of aliphatic hydroxyl groups is 1. The second-order valence-electron chi connectivity index (χ2n) is 5.21. The van der Waals surface area contributed by atoms with E-state index >= 15 is 0 Å². The number of ether oxygens (including phenoxy) is 1. The Morgan fingerprint density at radius 2 is 2.20 bits per heavy atom. The van der Waals surface area contributed by atoms with Gasteiger partial charge in [-0.2, -0.15) is 13.2 Å². The summed E-state index contributed by atoms with van der Waals surface area (Å²) in [6, 6.07) is 1.58. The summed E-state index contributed by atoms with van der Waals surface area (Å²) in [6.45, 7) is 2.25. The Morgan fingerprint density at radius 3 is 2.85 bits per heavy atom. The van der Waals surface area contributed by atoms with E-state index in [9.17, 15) is 18.3 Å². The molecule has 0 aromatic carbocycles. The molecule has 2 rings (SSSR count). The van der Waals surface area contributed by atoms with Crippen LogP contribution in [0.5, 0.6) is 5.75 Å². The van der Waals surface area contributed by atoms with E-state index in [0.29, 0.717) is 30.8 Å². The van der Waals surface area contributed by atoms with E-state index in [1.165, 1.54) is 12.4 Å². The Hall–Kier alpha value is -1.30. The van der Waals surface area contributed by atoms with Gasteiger partial charge in [0, 0.05) is 11.8 Å².